The Kier molecular flexibility index (Phi) is 8.46. The molecule has 0 radical (unpaired) electrons. The molecule has 1 fully saturated rings. The molecule has 1 aliphatic rings. The van der Waals surface area contributed by atoms with Gasteiger partial charge in [-0.15, -0.1) is 0 Å². The highest BCUT2D eigenvalue weighted by Crippen LogP contribution is 2.38. The summed E-state index contributed by atoms with van der Waals surface area (Å²) in [6, 6.07) is 18.4. The maximum atomic E-state index is 14.1. The number of fused-ring (bicyclic) bond motifs is 1. The van der Waals surface area contributed by atoms with Crippen LogP contribution in [0.2, 0.25) is 5.02 Å². The number of hydrogen-bond donors (Lipinski definition) is 1. The molecule has 1 aromatic heterocycles. The van der Waals surface area contributed by atoms with Crippen LogP contribution in [0.3, 0.4) is 0 Å². The molecule has 3 aromatic carbocycles. The summed E-state index contributed by atoms with van der Waals surface area (Å²) in [4.78, 5) is 37.0. The van der Waals surface area contributed by atoms with Crippen molar-refractivity contribution in [1.29, 1.82) is 0 Å². The van der Waals surface area contributed by atoms with Crippen molar-refractivity contribution in [1.82, 2.24) is 14.5 Å². The maximum Gasteiger partial charge on any atom is 0.327 e. The lowest BCUT2D eigenvalue weighted by Gasteiger charge is -2.35. The van der Waals surface area contributed by atoms with Gasteiger partial charge in [0.05, 0.1) is 36.9 Å². The van der Waals surface area contributed by atoms with Crippen LogP contribution in [-0.4, -0.2) is 54.8 Å². The molecule has 41 heavy (non-hydrogen) atoms. The molecule has 1 saturated heterocycles. The van der Waals surface area contributed by atoms with E-state index in [0.29, 0.717) is 44.6 Å². The highest BCUT2D eigenvalue weighted by atomic mass is 35.5. The Labute approximate surface area is 244 Å². The van der Waals surface area contributed by atoms with Gasteiger partial charge in [0.25, 0.3) is 5.56 Å². The lowest BCUT2D eigenvalue weighted by atomic mass is 10.0. The van der Waals surface area contributed by atoms with E-state index in [0.717, 1.165) is 25.9 Å². The molecule has 0 spiro atoms. The number of likely N-dealkylation sites (tertiary alicyclic amines) is 1. The van der Waals surface area contributed by atoms with Crippen molar-refractivity contribution in [3.05, 3.63) is 87.9 Å². The Morgan fingerprint density at radius 3 is 2.51 bits per heavy atom. The van der Waals surface area contributed by atoms with E-state index in [1.54, 1.807) is 72.2 Å². The maximum absolute atomic E-state index is 14.1. The number of benzene rings is 3. The molecule has 1 N–H and O–H groups in total. The molecule has 2 heterocycles. The first-order valence-corrected chi connectivity index (χ1v) is 14.0. The first-order chi connectivity index (χ1) is 19.8. The number of anilines is 2. The molecule has 10 heteroatoms. The summed E-state index contributed by atoms with van der Waals surface area (Å²) >= 11 is 6.20. The van der Waals surface area contributed by atoms with Crippen molar-refractivity contribution >= 4 is 39.9 Å². The number of rotatable bonds is 7. The third kappa shape index (κ3) is 5.87. The minimum atomic E-state index is -0.659. The average Bonchev–Trinajstić information content (AvgIpc) is 2.98. The van der Waals surface area contributed by atoms with Crippen LogP contribution in [0.4, 0.5) is 16.2 Å². The quantitative estimate of drug-likeness (QED) is 0.285. The molecule has 9 nitrogen and oxygen atoms in total. The number of methoxy groups -OCH3 is 2. The van der Waals surface area contributed by atoms with Crippen molar-refractivity contribution in [3.63, 3.8) is 0 Å². The fraction of sp³-hybridized carbons (Fsp3) is 0.323. The van der Waals surface area contributed by atoms with E-state index in [4.69, 9.17) is 26.1 Å². The zero-order chi connectivity index (χ0) is 29.1. The Balaban J connectivity index is 1.68. The van der Waals surface area contributed by atoms with Crippen LogP contribution in [0.1, 0.15) is 37.7 Å². The Morgan fingerprint density at radius 2 is 1.80 bits per heavy atom. The van der Waals surface area contributed by atoms with E-state index in [9.17, 15) is 9.59 Å². The number of nitrogens with zero attached hydrogens (tertiary/aromatic N) is 4. The van der Waals surface area contributed by atoms with Crippen molar-refractivity contribution in [3.8, 4) is 11.5 Å². The second kappa shape index (κ2) is 12.2. The van der Waals surface area contributed by atoms with Gasteiger partial charge in [-0.3, -0.25) is 14.3 Å². The number of para-hydroxylation sites is 1. The van der Waals surface area contributed by atoms with Crippen LogP contribution >= 0.6 is 11.6 Å². The summed E-state index contributed by atoms with van der Waals surface area (Å²) < 4.78 is 12.9. The van der Waals surface area contributed by atoms with Gasteiger partial charge in [-0.1, -0.05) is 29.8 Å². The van der Waals surface area contributed by atoms with Crippen molar-refractivity contribution < 1.29 is 14.3 Å². The van der Waals surface area contributed by atoms with Crippen molar-refractivity contribution in [2.24, 2.45) is 0 Å². The Bertz CT molecular complexity index is 1620. The molecule has 1 unspecified atom stereocenters. The monoisotopic (exact) mass is 575 g/mol. The van der Waals surface area contributed by atoms with Gasteiger partial charge in [-0.25, -0.2) is 9.78 Å². The summed E-state index contributed by atoms with van der Waals surface area (Å²) in [6.45, 7) is 3.61. The third-order valence-electron chi connectivity index (χ3n) is 7.59. The minimum Gasteiger partial charge on any atom is -0.497 e. The molecule has 0 saturated carbocycles. The number of halogens is 1. The highest BCUT2D eigenvalue weighted by molar-refractivity contribution is 6.30. The van der Waals surface area contributed by atoms with Crippen LogP contribution in [0, 0.1) is 0 Å². The standard InChI is InChI=1S/C31H34ClN5O4/c1-20(29-34-26-11-6-5-10-25(26)30(38)37(29)23-14-16-35(2)17-15-23)36(27-13-12-24(40-3)19-28(27)41-4)31(39)33-22-9-7-8-21(32)18-22/h5-13,18-20,23H,14-17H2,1-4H3,(H,33,39). The van der Waals surface area contributed by atoms with Gasteiger partial charge in [-0.2, -0.15) is 0 Å². The number of carbonyl (C=O) groups excluding carboxylic acids is 1. The molecule has 0 bridgehead atoms. The van der Waals surface area contributed by atoms with Gasteiger partial charge < -0.3 is 19.7 Å². The summed E-state index contributed by atoms with van der Waals surface area (Å²) in [5.74, 6) is 1.52. The molecule has 0 aliphatic carbocycles. The molecule has 5 rings (SSSR count). The van der Waals surface area contributed by atoms with E-state index < -0.39 is 12.1 Å². The molecule has 1 aliphatic heterocycles. The van der Waals surface area contributed by atoms with Crippen molar-refractivity contribution in [2.45, 2.75) is 31.8 Å². The number of urea groups is 1. The van der Waals surface area contributed by atoms with Gasteiger partial charge in [0, 0.05) is 22.8 Å². The van der Waals surface area contributed by atoms with Gasteiger partial charge in [0.2, 0.25) is 0 Å². The number of aromatic nitrogens is 2. The van der Waals surface area contributed by atoms with Crippen LogP contribution in [0.5, 0.6) is 11.5 Å². The third-order valence-corrected chi connectivity index (χ3v) is 7.83. The predicted octanol–water partition coefficient (Wildman–Crippen LogP) is 6.13. The lowest BCUT2D eigenvalue weighted by molar-refractivity contribution is 0.214. The van der Waals surface area contributed by atoms with E-state index in [2.05, 4.69) is 17.3 Å². The van der Waals surface area contributed by atoms with E-state index in [1.165, 1.54) is 0 Å². The molecular weight excluding hydrogens is 542 g/mol. The number of hydrogen-bond acceptors (Lipinski definition) is 6. The number of amides is 2. The van der Waals surface area contributed by atoms with Gasteiger partial charge in [-0.05, 0) is 82.4 Å². The van der Waals surface area contributed by atoms with E-state index in [1.807, 2.05) is 25.1 Å². The van der Waals surface area contributed by atoms with Crippen LogP contribution in [0.25, 0.3) is 10.9 Å². The fourth-order valence-corrected chi connectivity index (χ4v) is 5.60. The predicted molar refractivity (Wildman–Crippen MR) is 163 cm³/mol. The van der Waals surface area contributed by atoms with Gasteiger partial charge in [0.15, 0.2) is 0 Å². The number of nitrogens with one attached hydrogen (secondary N) is 1. The number of ether oxygens (including phenoxy) is 2. The zero-order valence-corrected chi connectivity index (χ0v) is 24.4. The topological polar surface area (TPSA) is 88.9 Å². The van der Waals surface area contributed by atoms with E-state index >= 15 is 0 Å². The molecular formula is C31H34ClN5O4. The van der Waals surface area contributed by atoms with Gasteiger partial charge in [0.1, 0.15) is 17.3 Å². The first kappa shape index (κ1) is 28.4. The Hall–Kier alpha value is -4.08. The molecule has 4 aromatic rings. The molecule has 214 valence electrons. The van der Waals surface area contributed by atoms with Crippen LogP contribution < -0.4 is 25.2 Å². The fourth-order valence-electron chi connectivity index (χ4n) is 5.41. The normalized spacial score (nSPS) is 15.0. The lowest BCUT2D eigenvalue weighted by Crippen LogP contribution is -2.42. The summed E-state index contributed by atoms with van der Waals surface area (Å²) in [7, 11) is 5.19. The van der Waals surface area contributed by atoms with E-state index in [-0.39, 0.29) is 11.6 Å². The largest absolute Gasteiger partial charge is 0.497 e. The minimum absolute atomic E-state index is 0.0520. The highest BCUT2D eigenvalue weighted by Gasteiger charge is 2.32. The number of piperidine rings is 1. The van der Waals surface area contributed by atoms with Crippen LogP contribution in [-0.2, 0) is 0 Å². The SMILES string of the molecule is COc1ccc(N(C(=O)Nc2cccc(Cl)c2)C(C)c2nc3ccccc3c(=O)n2C2CCN(C)CC2)c(OC)c1. The van der Waals surface area contributed by atoms with Gasteiger partial charge >= 0.3 is 6.03 Å². The summed E-state index contributed by atoms with van der Waals surface area (Å²) in [5, 5.41) is 4.01. The molecule has 1 atom stereocenters. The average molecular weight is 576 g/mol. The Morgan fingerprint density at radius 1 is 1.05 bits per heavy atom. The molecule has 2 amide bonds. The number of carbonyl (C=O) groups is 1. The second-order valence-corrected chi connectivity index (χ2v) is 10.7. The summed E-state index contributed by atoms with van der Waals surface area (Å²) in [6.07, 6.45) is 1.60. The van der Waals surface area contributed by atoms with Crippen molar-refractivity contribution in [2.75, 3.05) is 44.6 Å². The second-order valence-electron chi connectivity index (χ2n) is 10.2. The smallest absolute Gasteiger partial charge is 0.327 e. The first-order valence-electron chi connectivity index (χ1n) is 13.6. The summed E-state index contributed by atoms with van der Waals surface area (Å²) in [5.41, 5.74) is 1.51. The zero-order valence-electron chi connectivity index (χ0n) is 23.6. The van der Waals surface area contributed by atoms with Crippen LogP contribution in [0.15, 0.2) is 71.5 Å².